The molecule has 4 rings (SSSR count). The summed E-state index contributed by atoms with van der Waals surface area (Å²) >= 11 is 0. The van der Waals surface area contributed by atoms with Crippen LogP contribution in [0.15, 0.2) is 35.4 Å². The first-order valence-corrected chi connectivity index (χ1v) is 10.3. The molecule has 2 aliphatic rings. The van der Waals surface area contributed by atoms with Crippen LogP contribution in [0.2, 0.25) is 0 Å². The lowest BCUT2D eigenvalue weighted by Gasteiger charge is -2.32. The minimum Gasteiger partial charge on any atom is -0.314 e. The van der Waals surface area contributed by atoms with Crippen molar-refractivity contribution in [1.82, 2.24) is 19.5 Å². The van der Waals surface area contributed by atoms with Gasteiger partial charge in [0.2, 0.25) is 10.0 Å². The maximum Gasteiger partial charge on any atom is 0.245 e. The Kier molecular flexibility index (Phi) is 5.84. The maximum absolute atomic E-state index is 13.2. The Morgan fingerprint density at radius 2 is 1.96 bits per heavy atom. The van der Waals surface area contributed by atoms with Crippen LogP contribution >= 0.6 is 12.4 Å². The van der Waals surface area contributed by atoms with Crippen LogP contribution in [0.1, 0.15) is 12.0 Å². The van der Waals surface area contributed by atoms with Gasteiger partial charge < -0.3 is 5.32 Å². The Hall–Kier alpha value is -1.25. The van der Waals surface area contributed by atoms with E-state index in [1.807, 2.05) is 19.1 Å². The molecule has 1 aromatic heterocycles. The summed E-state index contributed by atoms with van der Waals surface area (Å²) in [6, 6.07) is 7.71. The summed E-state index contributed by atoms with van der Waals surface area (Å²) in [4.78, 5) is 7.14. The molecule has 0 amide bonds. The van der Waals surface area contributed by atoms with E-state index in [9.17, 15) is 8.42 Å². The van der Waals surface area contributed by atoms with E-state index in [2.05, 4.69) is 15.2 Å². The largest absolute Gasteiger partial charge is 0.314 e. The Balaban J connectivity index is 0.00000196. The Labute approximate surface area is 161 Å². The molecule has 6 nitrogen and oxygen atoms in total. The molecule has 26 heavy (non-hydrogen) atoms. The SMILES string of the molecule is Cc1cnc2c(S(=O)(=O)N3CCC(N4CCNCC4)C3)cccc2c1.Cl. The zero-order chi connectivity index (χ0) is 17.4. The zero-order valence-electron chi connectivity index (χ0n) is 14.9. The van der Waals surface area contributed by atoms with Crippen LogP contribution in [0.25, 0.3) is 10.9 Å². The molecule has 0 radical (unpaired) electrons. The topological polar surface area (TPSA) is 65.5 Å². The molecule has 0 aliphatic carbocycles. The Morgan fingerprint density at radius 1 is 1.19 bits per heavy atom. The van der Waals surface area contributed by atoms with E-state index in [1.165, 1.54) is 0 Å². The highest BCUT2D eigenvalue weighted by atomic mass is 35.5. The molecule has 1 aromatic carbocycles. The fourth-order valence-corrected chi connectivity index (χ4v) is 5.52. The van der Waals surface area contributed by atoms with Crippen molar-refractivity contribution >= 4 is 33.3 Å². The van der Waals surface area contributed by atoms with Gasteiger partial charge in [0, 0.05) is 56.9 Å². The number of rotatable bonds is 3. The number of nitrogens with zero attached hydrogens (tertiary/aromatic N) is 3. The van der Waals surface area contributed by atoms with Gasteiger partial charge in [0.15, 0.2) is 0 Å². The van der Waals surface area contributed by atoms with Crippen molar-refractivity contribution in [3.8, 4) is 0 Å². The molecule has 142 valence electrons. The number of aryl methyl sites for hydroxylation is 1. The zero-order valence-corrected chi connectivity index (χ0v) is 16.5. The number of aromatic nitrogens is 1. The van der Waals surface area contributed by atoms with Gasteiger partial charge in [-0.1, -0.05) is 12.1 Å². The molecule has 2 fully saturated rings. The van der Waals surface area contributed by atoms with E-state index in [1.54, 1.807) is 22.6 Å². The number of hydrogen-bond acceptors (Lipinski definition) is 5. The summed E-state index contributed by atoms with van der Waals surface area (Å²) in [6.45, 7) is 7.07. The molecule has 2 saturated heterocycles. The van der Waals surface area contributed by atoms with Crippen molar-refractivity contribution in [2.45, 2.75) is 24.3 Å². The molecule has 2 aliphatic heterocycles. The van der Waals surface area contributed by atoms with Gasteiger partial charge in [-0.05, 0) is 31.0 Å². The molecule has 1 N–H and O–H groups in total. The molecule has 1 unspecified atom stereocenters. The Morgan fingerprint density at radius 3 is 2.73 bits per heavy atom. The van der Waals surface area contributed by atoms with Crippen LogP contribution in [0, 0.1) is 6.92 Å². The van der Waals surface area contributed by atoms with Crippen LogP contribution in [-0.2, 0) is 10.0 Å². The van der Waals surface area contributed by atoms with Crippen molar-refractivity contribution in [2.24, 2.45) is 0 Å². The lowest BCUT2D eigenvalue weighted by molar-refractivity contribution is 0.179. The normalized spacial score (nSPS) is 22.4. The van der Waals surface area contributed by atoms with Crippen molar-refractivity contribution < 1.29 is 8.42 Å². The first-order chi connectivity index (χ1) is 12.1. The van der Waals surface area contributed by atoms with E-state index >= 15 is 0 Å². The van der Waals surface area contributed by atoms with E-state index in [0.717, 1.165) is 43.5 Å². The summed E-state index contributed by atoms with van der Waals surface area (Å²) < 4.78 is 28.1. The summed E-state index contributed by atoms with van der Waals surface area (Å²) in [7, 11) is -3.52. The standard InChI is InChI=1S/C18H24N4O2S.ClH/c1-14-11-15-3-2-4-17(18(15)20-12-14)25(23,24)22-8-5-16(13-22)21-9-6-19-7-10-21;/h2-4,11-12,16,19H,5-10,13H2,1H3;1H. The number of pyridine rings is 1. The maximum atomic E-state index is 13.2. The third-order valence-corrected chi connectivity index (χ3v) is 7.12. The van der Waals surface area contributed by atoms with Crippen LogP contribution in [0.3, 0.4) is 0 Å². The number of hydrogen-bond donors (Lipinski definition) is 1. The molecular formula is C18H25ClN4O2S. The van der Waals surface area contributed by atoms with Gasteiger partial charge in [-0.2, -0.15) is 4.31 Å². The molecule has 2 aromatic rings. The molecule has 3 heterocycles. The quantitative estimate of drug-likeness (QED) is 0.854. The number of fused-ring (bicyclic) bond motifs is 1. The second kappa shape index (κ2) is 7.78. The minimum absolute atomic E-state index is 0. The number of piperazine rings is 1. The number of para-hydroxylation sites is 1. The van der Waals surface area contributed by atoms with Crippen molar-refractivity contribution in [3.63, 3.8) is 0 Å². The van der Waals surface area contributed by atoms with Crippen LogP contribution in [-0.4, -0.2) is 67.9 Å². The summed E-state index contributed by atoms with van der Waals surface area (Å²) in [6.07, 6.45) is 2.63. The fraction of sp³-hybridized carbons (Fsp3) is 0.500. The molecular weight excluding hydrogens is 372 g/mol. The van der Waals surface area contributed by atoms with Gasteiger partial charge in [0.05, 0.1) is 5.52 Å². The van der Waals surface area contributed by atoms with Crippen LogP contribution in [0.5, 0.6) is 0 Å². The van der Waals surface area contributed by atoms with Gasteiger partial charge in [-0.25, -0.2) is 8.42 Å². The first-order valence-electron chi connectivity index (χ1n) is 8.86. The molecule has 0 saturated carbocycles. The third-order valence-electron chi connectivity index (χ3n) is 5.22. The third kappa shape index (κ3) is 3.59. The molecule has 8 heteroatoms. The number of benzene rings is 1. The Bertz CT molecular complexity index is 884. The van der Waals surface area contributed by atoms with Crippen molar-refractivity contribution in [1.29, 1.82) is 0 Å². The predicted octanol–water partition coefficient (Wildman–Crippen LogP) is 1.63. The average Bonchev–Trinajstić information content (AvgIpc) is 3.12. The first kappa shape index (κ1) is 19.5. The van der Waals surface area contributed by atoms with Gasteiger partial charge >= 0.3 is 0 Å². The van der Waals surface area contributed by atoms with E-state index in [-0.39, 0.29) is 12.4 Å². The van der Waals surface area contributed by atoms with Crippen molar-refractivity contribution in [2.75, 3.05) is 39.3 Å². The molecule has 0 bridgehead atoms. The number of halogens is 1. The van der Waals surface area contributed by atoms with Crippen LogP contribution in [0.4, 0.5) is 0 Å². The second-order valence-corrected chi connectivity index (χ2v) is 8.84. The minimum atomic E-state index is -3.52. The van der Waals surface area contributed by atoms with Gasteiger partial charge in [-0.3, -0.25) is 9.88 Å². The summed E-state index contributed by atoms with van der Waals surface area (Å²) in [5.74, 6) is 0. The molecule has 0 spiro atoms. The monoisotopic (exact) mass is 396 g/mol. The van der Waals surface area contributed by atoms with Crippen LogP contribution < -0.4 is 5.32 Å². The average molecular weight is 397 g/mol. The summed E-state index contributed by atoms with van der Waals surface area (Å²) in [5.41, 5.74) is 1.60. The van der Waals surface area contributed by atoms with E-state index < -0.39 is 10.0 Å². The van der Waals surface area contributed by atoms with Gasteiger partial charge in [0.25, 0.3) is 0 Å². The van der Waals surface area contributed by atoms with E-state index in [4.69, 9.17) is 0 Å². The fourth-order valence-electron chi connectivity index (χ4n) is 3.86. The number of sulfonamides is 1. The number of nitrogens with one attached hydrogen (secondary N) is 1. The summed E-state index contributed by atoms with van der Waals surface area (Å²) in [5, 5.41) is 4.22. The molecule has 1 atom stereocenters. The predicted molar refractivity (Wildman–Crippen MR) is 105 cm³/mol. The smallest absolute Gasteiger partial charge is 0.245 e. The lowest BCUT2D eigenvalue weighted by atomic mass is 10.2. The lowest BCUT2D eigenvalue weighted by Crippen LogP contribution is -2.49. The van der Waals surface area contributed by atoms with Gasteiger partial charge in [0.1, 0.15) is 4.90 Å². The van der Waals surface area contributed by atoms with Gasteiger partial charge in [-0.15, -0.1) is 12.4 Å². The van der Waals surface area contributed by atoms with E-state index in [0.29, 0.717) is 29.5 Å². The highest BCUT2D eigenvalue weighted by molar-refractivity contribution is 7.89. The van der Waals surface area contributed by atoms with Crippen molar-refractivity contribution in [3.05, 3.63) is 36.0 Å². The highest BCUT2D eigenvalue weighted by Gasteiger charge is 2.36. The highest BCUT2D eigenvalue weighted by Crippen LogP contribution is 2.28. The second-order valence-electron chi connectivity index (χ2n) is 6.93.